The molecule has 0 amide bonds. The van der Waals surface area contributed by atoms with Crippen LogP contribution in [0.15, 0.2) is 39.2 Å². The van der Waals surface area contributed by atoms with Gasteiger partial charge in [0, 0.05) is 6.07 Å². The third kappa shape index (κ3) is 4.23. The molecular weight excluding hydrogens is 332 g/mol. The number of benzene rings is 1. The molecule has 3 aromatic rings. The number of thioether (sulfide) groups is 1. The van der Waals surface area contributed by atoms with Crippen molar-refractivity contribution in [1.82, 2.24) is 15.4 Å². The van der Waals surface area contributed by atoms with Crippen molar-refractivity contribution in [3.63, 3.8) is 0 Å². The lowest BCUT2D eigenvalue weighted by atomic mass is 10.3. The van der Waals surface area contributed by atoms with Crippen LogP contribution in [-0.4, -0.2) is 22.0 Å². The van der Waals surface area contributed by atoms with E-state index in [1.54, 1.807) is 11.8 Å². The van der Waals surface area contributed by atoms with Crippen LogP contribution < -0.4 is 10.1 Å². The number of rotatable bonds is 7. The van der Waals surface area contributed by atoms with Crippen LogP contribution in [0.5, 0.6) is 5.75 Å². The maximum absolute atomic E-state index is 5.59. The van der Waals surface area contributed by atoms with Gasteiger partial charge in [-0.2, -0.15) is 0 Å². The third-order valence-corrected chi connectivity index (χ3v) is 4.84. The molecule has 0 atom stereocenters. The minimum absolute atomic E-state index is 0.618. The lowest BCUT2D eigenvalue weighted by Crippen LogP contribution is -1.97. The summed E-state index contributed by atoms with van der Waals surface area (Å²) in [5.74, 6) is 2.32. The van der Waals surface area contributed by atoms with Gasteiger partial charge >= 0.3 is 0 Å². The Morgan fingerprint density at radius 3 is 2.96 bits per heavy atom. The van der Waals surface area contributed by atoms with Gasteiger partial charge < -0.3 is 14.6 Å². The Morgan fingerprint density at radius 2 is 2.17 bits per heavy atom. The van der Waals surface area contributed by atoms with Crippen molar-refractivity contribution in [3.05, 3.63) is 41.8 Å². The Morgan fingerprint density at radius 1 is 1.30 bits per heavy atom. The van der Waals surface area contributed by atoms with Gasteiger partial charge in [-0.25, -0.2) is 0 Å². The standard InChI is InChI=1S/C15H16N4O2S2/c1-3-20-13-7-5-4-6-12(13)16-14-17-18-15(23-14)22-9-11-8-10(2)19-21-11/h4-8H,3,9H2,1-2H3,(H,16,17). The van der Waals surface area contributed by atoms with Gasteiger partial charge in [0.1, 0.15) is 11.5 Å². The largest absolute Gasteiger partial charge is 0.492 e. The van der Waals surface area contributed by atoms with Crippen LogP contribution in [0.25, 0.3) is 0 Å². The first-order valence-corrected chi connectivity index (χ1v) is 8.92. The summed E-state index contributed by atoms with van der Waals surface area (Å²) < 4.78 is 11.6. The fourth-order valence-electron chi connectivity index (χ4n) is 1.90. The zero-order chi connectivity index (χ0) is 16.1. The normalized spacial score (nSPS) is 10.7. The smallest absolute Gasteiger partial charge is 0.210 e. The molecular formula is C15H16N4O2S2. The van der Waals surface area contributed by atoms with Gasteiger partial charge in [0.15, 0.2) is 4.34 Å². The number of ether oxygens (including phenoxy) is 1. The van der Waals surface area contributed by atoms with Crippen LogP contribution in [0.3, 0.4) is 0 Å². The highest BCUT2D eigenvalue weighted by Crippen LogP contribution is 2.32. The summed E-state index contributed by atoms with van der Waals surface area (Å²) in [6, 6.07) is 9.70. The second-order valence-corrected chi connectivity index (χ2v) is 6.85. The molecule has 8 heteroatoms. The van der Waals surface area contributed by atoms with Gasteiger partial charge in [0.05, 0.1) is 23.7 Å². The average Bonchev–Trinajstić information content (AvgIpc) is 3.16. The van der Waals surface area contributed by atoms with Crippen LogP contribution in [0, 0.1) is 6.92 Å². The number of aromatic nitrogens is 3. The molecule has 0 saturated carbocycles. The van der Waals surface area contributed by atoms with E-state index in [0.29, 0.717) is 12.4 Å². The van der Waals surface area contributed by atoms with E-state index in [0.717, 1.165) is 32.4 Å². The van der Waals surface area contributed by atoms with Crippen molar-refractivity contribution in [2.45, 2.75) is 23.9 Å². The first-order chi connectivity index (χ1) is 11.2. The first kappa shape index (κ1) is 15.8. The van der Waals surface area contributed by atoms with E-state index in [2.05, 4.69) is 20.7 Å². The molecule has 6 nitrogen and oxygen atoms in total. The van der Waals surface area contributed by atoms with Crippen LogP contribution in [-0.2, 0) is 5.75 Å². The Kier molecular flexibility index (Phi) is 5.14. The zero-order valence-electron chi connectivity index (χ0n) is 12.8. The van der Waals surface area contributed by atoms with Crippen LogP contribution in [0.4, 0.5) is 10.8 Å². The summed E-state index contributed by atoms with van der Waals surface area (Å²) in [7, 11) is 0. The topological polar surface area (TPSA) is 73.1 Å². The highest BCUT2D eigenvalue weighted by Gasteiger charge is 2.09. The molecule has 0 aliphatic carbocycles. The molecule has 2 aromatic heterocycles. The van der Waals surface area contributed by atoms with Crippen molar-refractivity contribution < 1.29 is 9.26 Å². The number of nitrogens with one attached hydrogen (secondary N) is 1. The molecule has 0 fully saturated rings. The number of hydrogen-bond donors (Lipinski definition) is 1. The van der Waals surface area contributed by atoms with Crippen molar-refractivity contribution in [2.75, 3.05) is 11.9 Å². The molecule has 3 rings (SSSR count). The van der Waals surface area contributed by atoms with Crippen LogP contribution in [0.1, 0.15) is 18.4 Å². The Labute approximate surface area is 142 Å². The minimum atomic E-state index is 0.618. The van der Waals surface area contributed by atoms with E-state index in [1.165, 1.54) is 11.3 Å². The molecule has 23 heavy (non-hydrogen) atoms. The van der Waals surface area contributed by atoms with Gasteiger partial charge in [-0.3, -0.25) is 0 Å². The van der Waals surface area contributed by atoms with Gasteiger partial charge in [-0.05, 0) is 26.0 Å². The molecule has 0 aliphatic heterocycles. The third-order valence-electron chi connectivity index (χ3n) is 2.85. The Balaban J connectivity index is 1.63. The maximum atomic E-state index is 5.59. The summed E-state index contributed by atoms with van der Waals surface area (Å²) in [5, 5.41) is 16.2. The maximum Gasteiger partial charge on any atom is 0.210 e. The second kappa shape index (κ2) is 7.47. The molecule has 120 valence electrons. The molecule has 0 radical (unpaired) electrons. The fourth-order valence-corrected chi connectivity index (χ4v) is 3.54. The number of anilines is 2. The predicted molar refractivity (Wildman–Crippen MR) is 91.6 cm³/mol. The summed E-state index contributed by atoms with van der Waals surface area (Å²) in [6.45, 7) is 4.48. The zero-order valence-corrected chi connectivity index (χ0v) is 14.4. The summed E-state index contributed by atoms with van der Waals surface area (Å²) in [5.41, 5.74) is 1.76. The molecule has 2 heterocycles. The average molecular weight is 348 g/mol. The van der Waals surface area contributed by atoms with Crippen LogP contribution >= 0.6 is 23.1 Å². The highest BCUT2D eigenvalue weighted by molar-refractivity contribution is 8.00. The van der Waals surface area contributed by atoms with Gasteiger partial charge in [0.25, 0.3) is 0 Å². The molecule has 1 aromatic carbocycles. The lowest BCUT2D eigenvalue weighted by molar-refractivity contribution is 0.342. The fraction of sp³-hybridized carbons (Fsp3) is 0.267. The van der Waals surface area contributed by atoms with E-state index >= 15 is 0 Å². The monoisotopic (exact) mass is 348 g/mol. The molecule has 0 saturated heterocycles. The Bertz CT molecular complexity index is 772. The molecule has 0 bridgehead atoms. The van der Waals surface area contributed by atoms with Gasteiger partial charge in [-0.1, -0.05) is 40.4 Å². The van der Waals surface area contributed by atoms with Crippen molar-refractivity contribution >= 4 is 33.9 Å². The van der Waals surface area contributed by atoms with E-state index in [4.69, 9.17) is 9.26 Å². The first-order valence-electron chi connectivity index (χ1n) is 7.12. The number of nitrogens with zero attached hydrogens (tertiary/aromatic N) is 3. The van der Waals surface area contributed by atoms with E-state index in [-0.39, 0.29) is 0 Å². The van der Waals surface area contributed by atoms with E-state index in [9.17, 15) is 0 Å². The van der Waals surface area contributed by atoms with Gasteiger partial charge in [-0.15, -0.1) is 10.2 Å². The summed E-state index contributed by atoms with van der Waals surface area (Å²) in [6.07, 6.45) is 0. The van der Waals surface area contributed by atoms with Crippen molar-refractivity contribution in [3.8, 4) is 5.75 Å². The second-order valence-electron chi connectivity index (χ2n) is 4.65. The van der Waals surface area contributed by atoms with Crippen molar-refractivity contribution in [1.29, 1.82) is 0 Å². The summed E-state index contributed by atoms with van der Waals surface area (Å²) >= 11 is 3.07. The minimum Gasteiger partial charge on any atom is -0.492 e. The molecule has 0 unspecified atom stereocenters. The summed E-state index contributed by atoms with van der Waals surface area (Å²) in [4.78, 5) is 0. The Hall–Kier alpha value is -2.06. The number of aryl methyl sites for hydroxylation is 1. The van der Waals surface area contributed by atoms with Crippen LogP contribution in [0.2, 0.25) is 0 Å². The quantitative estimate of drug-likeness (QED) is 0.639. The van der Waals surface area contributed by atoms with Crippen molar-refractivity contribution in [2.24, 2.45) is 0 Å². The van der Waals surface area contributed by atoms with E-state index in [1.807, 2.05) is 44.2 Å². The van der Waals surface area contributed by atoms with E-state index < -0.39 is 0 Å². The SMILES string of the molecule is CCOc1ccccc1Nc1nnc(SCc2cc(C)no2)s1. The number of para-hydroxylation sites is 2. The molecule has 0 aliphatic rings. The predicted octanol–water partition coefficient (Wildman–Crippen LogP) is 4.27. The van der Waals surface area contributed by atoms with Gasteiger partial charge in [0.2, 0.25) is 5.13 Å². The molecule has 0 spiro atoms. The number of hydrogen-bond acceptors (Lipinski definition) is 8. The lowest BCUT2D eigenvalue weighted by Gasteiger charge is -2.09. The molecule has 1 N–H and O–H groups in total. The highest BCUT2D eigenvalue weighted by atomic mass is 32.2.